The Morgan fingerprint density at radius 1 is 0.846 bits per heavy atom. The van der Waals surface area contributed by atoms with Gasteiger partial charge in [-0.1, -0.05) is 40.5 Å². The Bertz CT molecular complexity index is 93.1. The average Bonchev–Trinajstić information content (AvgIpc) is 2.01. The highest BCUT2D eigenvalue weighted by Gasteiger charge is 1.97. The topological polar surface area (TPSA) is 9.23 Å². The van der Waals surface area contributed by atoms with Crippen LogP contribution >= 0.6 is 0 Å². The van der Waals surface area contributed by atoms with Crippen molar-refractivity contribution in [3.05, 3.63) is 0 Å². The Morgan fingerprint density at radius 2 is 1.23 bits per heavy atom. The predicted molar refractivity (Wildman–Crippen MR) is 66.7 cm³/mol. The van der Waals surface area contributed by atoms with Crippen molar-refractivity contribution in [2.75, 3.05) is 0 Å². The molecule has 0 atom stereocenters. The largest absolute Gasteiger partial charge is 0.465 e. The molecule has 0 N–H and O–H groups in total. The van der Waals surface area contributed by atoms with Crippen LogP contribution in [0.3, 0.4) is 0 Å². The van der Waals surface area contributed by atoms with Gasteiger partial charge in [-0.05, 0) is 23.9 Å². The van der Waals surface area contributed by atoms with E-state index in [-0.39, 0.29) is 19.5 Å². The number of rotatable bonds is 8. The molecule has 0 unspecified atom stereocenters. The fourth-order valence-corrected chi connectivity index (χ4v) is 5.71. The Labute approximate surface area is 88.5 Å². The zero-order chi connectivity index (χ0) is 10.1. The second-order valence-electron chi connectivity index (χ2n) is 4.68. The molecule has 13 heavy (non-hydrogen) atoms. The molecular weight excluding hydrogens is 192 g/mol. The van der Waals surface area contributed by atoms with Gasteiger partial charge in [-0.25, -0.2) is 0 Å². The smallest absolute Gasteiger partial charge is 0.146 e. The predicted octanol–water partition coefficient (Wildman–Crippen LogP) is 2.10. The lowest BCUT2D eigenvalue weighted by molar-refractivity contribution is 0.569. The maximum absolute atomic E-state index is 5.81. The van der Waals surface area contributed by atoms with Crippen LogP contribution in [-0.4, -0.2) is 19.5 Å². The summed E-state index contributed by atoms with van der Waals surface area (Å²) in [5.74, 6) is 1.74. The van der Waals surface area contributed by atoms with Crippen molar-refractivity contribution in [1.82, 2.24) is 0 Å². The minimum absolute atomic E-state index is 0.115. The molecule has 0 aliphatic heterocycles. The molecule has 3 heteroatoms. The lowest BCUT2D eigenvalue weighted by atomic mass is 10.2. The van der Waals surface area contributed by atoms with Crippen molar-refractivity contribution in [2.45, 2.75) is 52.6 Å². The molecule has 0 heterocycles. The third kappa shape index (κ3) is 12.4. The first-order chi connectivity index (χ1) is 6.13. The first-order valence-corrected chi connectivity index (χ1v) is 8.86. The van der Waals surface area contributed by atoms with Gasteiger partial charge in [0.05, 0.1) is 0 Å². The van der Waals surface area contributed by atoms with E-state index < -0.39 is 0 Å². The molecule has 0 saturated heterocycles. The zero-order valence-corrected chi connectivity index (χ0v) is 12.6. The molecule has 1 nitrogen and oxygen atoms in total. The van der Waals surface area contributed by atoms with Crippen LogP contribution in [0.5, 0.6) is 0 Å². The molecule has 0 aliphatic rings. The Hall–Kier alpha value is 0.394. The van der Waals surface area contributed by atoms with Crippen molar-refractivity contribution in [2.24, 2.45) is 11.8 Å². The van der Waals surface area contributed by atoms with Gasteiger partial charge in [0.2, 0.25) is 0 Å². The van der Waals surface area contributed by atoms with Crippen LogP contribution < -0.4 is 0 Å². The standard InChI is InChI=1S/C10H26OSi2/c1-9(2)5-7-12-11-13-8-6-10(3)4/h9-10H,5-8,12-13H2,1-4H3. The van der Waals surface area contributed by atoms with Crippen molar-refractivity contribution < 1.29 is 4.12 Å². The quantitative estimate of drug-likeness (QED) is 0.448. The Morgan fingerprint density at radius 3 is 1.54 bits per heavy atom. The van der Waals surface area contributed by atoms with E-state index in [1.54, 1.807) is 0 Å². The molecule has 0 aromatic rings. The SMILES string of the molecule is CC(C)CC[SiH2]O[SiH2]CCC(C)C. The van der Waals surface area contributed by atoms with Gasteiger partial charge in [-0.3, -0.25) is 0 Å². The van der Waals surface area contributed by atoms with E-state index in [0.29, 0.717) is 0 Å². The normalized spacial score (nSPS) is 13.4. The highest BCUT2D eigenvalue weighted by molar-refractivity contribution is 6.42. The second-order valence-corrected chi connectivity index (χ2v) is 8.55. The molecule has 0 bridgehead atoms. The van der Waals surface area contributed by atoms with E-state index in [0.717, 1.165) is 11.8 Å². The summed E-state index contributed by atoms with van der Waals surface area (Å²) < 4.78 is 5.81. The van der Waals surface area contributed by atoms with Gasteiger partial charge in [0.25, 0.3) is 0 Å². The van der Waals surface area contributed by atoms with Gasteiger partial charge in [-0.2, -0.15) is 0 Å². The summed E-state index contributed by atoms with van der Waals surface area (Å²) in [5, 5.41) is 0. The fraction of sp³-hybridized carbons (Fsp3) is 1.00. The summed E-state index contributed by atoms with van der Waals surface area (Å²) in [4.78, 5) is 0. The van der Waals surface area contributed by atoms with E-state index >= 15 is 0 Å². The van der Waals surface area contributed by atoms with Crippen molar-refractivity contribution >= 4 is 19.5 Å². The first-order valence-electron chi connectivity index (χ1n) is 5.70. The van der Waals surface area contributed by atoms with Gasteiger partial charge in [0, 0.05) is 0 Å². The van der Waals surface area contributed by atoms with Crippen molar-refractivity contribution in [1.29, 1.82) is 0 Å². The molecule has 0 amide bonds. The lowest BCUT2D eigenvalue weighted by Gasteiger charge is -2.06. The van der Waals surface area contributed by atoms with Gasteiger partial charge in [-0.15, -0.1) is 0 Å². The summed E-state index contributed by atoms with van der Waals surface area (Å²) in [6, 6.07) is 2.79. The molecule has 80 valence electrons. The van der Waals surface area contributed by atoms with Crippen LogP contribution in [0.4, 0.5) is 0 Å². The summed E-state index contributed by atoms with van der Waals surface area (Å²) in [7, 11) is -0.229. The van der Waals surface area contributed by atoms with E-state index in [1.807, 2.05) is 0 Å². The minimum Gasteiger partial charge on any atom is -0.465 e. The minimum atomic E-state index is -0.115. The second kappa shape index (κ2) is 8.97. The van der Waals surface area contributed by atoms with Crippen LogP contribution in [0, 0.1) is 11.8 Å². The van der Waals surface area contributed by atoms with Crippen molar-refractivity contribution in [3.8, 4) is 0 Å². The number of hydrogen-bond donors (Lipinski definition) is 0. The monoisotopic (exact) mass is 218 g/mol. The molecule has 0 spiro atoms. The molecule has 0 aromatic carbocycles. The third-order valence-corrected chi connectivity index (χ3v) is 5.84. The molecule has 0 saturated carbocycles. The lowest BCUT2D eigenvalue weighted by Crippen LogP contribution is -2.05. The van der Waals surface area contributed by atoms with Gasteiger partial charge < -0.3 is 4.12 Å². The highest BCUT2D eigenvalue weighted by Crippen LogP contribution is 2.05. The molecule has 0 aliphatic carbocycles. The van der Waals surface area contributed by atoms with E-state index in [2.05, 4.69) is 27.7 Å². The number of hydrogen-bond acceptors (Lipinski definition) is 1. The molecular formula is C10H26OSi2. The Kier molecular flexibility index (Phi) is 9.24. The average molecular weight is 218 g/mol. The van der Waals surface area contributed by atoms with Crippen LogP contribution in [0.1, 0.15) is 40.5 Å². The van der Waals surface area contributed by atoms with Crippen LogP contribution in [-0.2, 0) is 4.12 Å². The van der Waals surface area contributed by atoms with E-state index in [9.17, 15) is 0 Å². The Balaban J connectivity index is 2.92. The van der Waals surface area contributed by atoms with Crippen LogP contribution in [0.15, 0.2) is 0 Å². The maximum Gasteiger partial charge on any atom is 0.146 e. The van der Waals surface area contributed by atoms with Gasteiger partial charge in [0.1, 0.15) is 19.5 Å². The first kappa shape index (κ1) is 13.4. The fourth-order valence-electron chi connectivity index (χ4n) is 1.29. The summed E-state index contributed by atoms with van der Waals surface area (Å²) >= 11 is 0. The summed E-state index contributed by atoms with van der Waals surface area (Å²) in [6.45, 7) is 9.18. The molecule has 0 radical (unpaired) electrons. The van der Waals surface area contributed by atoms with Crippen LogP contribution in [0.25, 0.3) is 0 Å². The molecule has 0 fully saturated rings. The van der Waals surface area contributed by atoms with Gasteiger partial charge in [0.15, 0.2) is 0 Å². The van der Waals surface area contributed by atoms with E-state index in [1.165, 1.54) is 24.9 Å². The van der Waals surface area contributed by atoms with Gasteiger partial charge >= 0.3 is 0 Å². The highest BCUT2D eigenvalue weighted by atomic mass is 28.3. The zero-order valence-electron chi connectivity index (χ0n) is 9.81. The summed E-state index contributed by atoms with van der Waals surface area (Å²) in [5.41, 5.74) is 0. The maximum atomic E-state index is 5.81. The third-order valence-electron chi connectivity index (χ3n) is 2.14. The molecule has 0 aromatic heterocycles. The van der Waals surface area contributed by atoms with E-state index in [4.69, 9.17) is 4.12 Å². The van der Waals surface area contributed by atoms with Crippen molar-refractivity contribution in [3.63, 3.8) is 0 Å². The summed E-state index contributed by atoms with van der Waals surface area (Å²) in [6.07, 6.45) is 2.76. The molecule has 0 rings (SSSR count). The van der Waals surface area contributed by atoms with Crippen LogP contribution in [0.2, 0.25) is 12.1 Å².